The van der Waals surface area contributed by atoms with Crippen LogP contribution in [0.5, 0.6) is 0 Å². The largest absolute Gasteiger partial charge is 0.276 e. The van der Waals surface area contributed by atoms with E-state index in [9.17, 15) is 4.79 Å². The molecule has 0 aliphatic carbocycles. The summed E-state index contributed by atoms with van der Waals surface area (Å²) in [6.07, 6.45) is 0. The van der Waals surface area contributed by atoms with Crippen molar-refractivity contribution in [3.05, 3.63) is 139 Å². The van der Waals surface area contributed by atoms with Crippen LogP contribution in [0.15, 0.2) is 133 Å². The minimum atomic E-state index is -0.0958. The third-order valence-electron chi connectivity index (χ3n) is 10.0. The highest BCUT2D eigenvalue weighted by atomic mass is 16.2. The van der Waals surface area contributed by atoms with Crippen molar-refractivity contribution in [1.82, 2.24) is 37.5 Å². The fourth-order valence-electron chi connectivity index (χ4n) is 8.01. The fourth-order valence-corrected chi connectivity index (χ4v) is 8.01. The number of hydrogen-bond acceptors (Lipinski definition) is 4. The molecule has 49 heavy (non-hydrogen) atoms. The molecule has 11 aromatic rings. The molecule has 9 heteroatoms. The predicted molar refractivity (Wildman–Crippen MR) is 191 cm³/mol. The van der Waals surface area contributed by atoms with Crippen molar-refractivity contribution in [2.24, 2.45) is 0 Å². The molecule has 0 unspecified atom stereocenters. The second kappa shape index (κ2) is 8.67. The Hall–Kier alpha value is -7.00. The number of para-hydroxylation sites is 10. The molecule has 0 fully saturated rings. The number of nitrogens with zero attached hydrogens (tertiary/aromatic N) is 8. The van der Waals surface area contributed by atoms with Gasteiger partial charge in [0.25, 0.3) is 5.91 Å². The van der Waals surface area contributed by atoms with Gasteiger partial charge in [0.1, 0.15) is 5.82 Å². The Morgan fingerprint density at radius 3 is 1.33 bits per heavy atom. The van der Waals surface area contributed by atoms with Gasteiger partial charge in [-0.2, -0.15) is 0 Å². The minimum absolute atomic E-state index is 0.0958. The molecule has 1 aliphatic heterocycles. The maximum Gasteiger partial charge on any atom is 0.264 e. The highest BCUT2D eigenvalue weighted by Gasteiger charge is 2.34. The van der Waals surface area contributed by atoms with Gasteiger partial charge in [-0.15, -0.1) is 0 Å². The van der Waals surface area contributed by atoms with Gasteiger partial charge in [0.05, 0.1) is 72.1 Å². The summed E-state index contributed by atoms with van der Waals surface area (Å²) < 4.78 is 10.6. The van der Waals surface area contributed by atoms with Crippen LogP contribution in [-0.4, -0.2) is 43.4 Å². The molecular formula is C40H22N8O. The van der Waals surface area contributed by atoms with Gasteiger partial charge >= 0.3 is 0 Å². The summed E-state index contributed by atoms with van der Waals surface area (Å²) in [6, 6.07) is 45.1. The smallest absolute Gasteiger partial charge is 0.264 e. The SMILES string of the molecule is O=C1c2cc(-n3c4ccccc4n4c5ccccc5nc34)c(-n3c4ccccc4n4c5ccccc5nc34)cc2-c2nc3ccccc3n21. The first-order chi connectivity index (χ1) is 24.2. The molecule has 6 heterocycles. The van der Waals surface area contributed by atoms with Crippen LogP contribution in [0.2, 0.25) is 0 Å². The van der Waals surface area contributed by atoms with Gasteiger partial charge in [0.15, 0.2) is 0 Å². The second-order valence-electron chi connectivity index (χ2n) is 12.6. The fraction of sp³-hybridized carbons (Fsp3) is 0. The van der Waals surface area contributed by atoms with E-state index < -0.39 is 0 Å². The van der Waals surface area contributed by atoms with E-state index in [-0.39, 0.29) is 5.91 Å². The molecule has 228 valence electrons. The van der Waals surface area contributed by atoms with Gasteiger partial charge in [-0.1, -0.05) is 60.7 Å². The maximum absolute atomic E-state index is 14.4. The summed E-state index contributed by atoms with van der Waals surface area (Å²) >= 11 is 0. The third-order valence-corrected chi connectivity index (χ3v) is 10.0. The highest BCUT2D eigenvalue weighted by molar-refractivity contribution is 6.14. The Balaban J connectivity index is 1.29. The topological polar surface area (TPSA) is 79.3 Å². The first-order valence-electron chi connectivity index (χ1n) is 16.2. The highest BCUT2D eigenvalue weighted by Crippen LogP contribution is 2.42. The molecule has 0 N–H and O–H groups in total. The van der Waals surface area contributed by atoms with Crippen molar-refractivity contribution in [2.75, 3.05) is 0 Å². The Labute approximate surface area is 276 Å². The molecule has 0 saturated carbocycles. The number of imidazole rings is 5. The van der Waals surface area contributed by atoms with E-state index >= 15 is 0 Å². The van der Waals surface area contributed by atoms with Crippen LogP contribution in [0.1, 0.15) is 10.4 Å². The van der Waals surface area contributed by atoms with E-state index in [0.29, 0.717) is 11.4 Å². The third kappa shape index (κ3) is 3.01. The summed E-state index contributed by atoms with van der Waals surface area (Å²) in [5, 5.41) is 0. The number of carbonyl (C=O) groups excluding carboxylic acids is 1. The number of aromatic nitrogens is 8. The quantitative estimate of drug-likeness (QED) is 0.193. The maximum atomic E-state index is 14.4. The summed E-state index contributed by atoms with van der Waals surface area (Å²) in [5.41, 5.74) is 12.5. The molecule has 0 spiro atoms. The summed E-state index contributed by atoms with van der Waals surface area (Å²) in [7, 11) is 0. The lowest BCUT2D eigenvalue weighted by molar-refractivity contribution is 0.0973. The van der Waals surface area contributed by atoms with Crippen molar-refractivity contribution >= 4 is 72.6 Å². The van der Waals surface area contributed by atoms with Crippen molar-refractivity contribution in [2.45, 2.75) is 0 Å². The second-order valence-corrected chi connectivity index (χ2v) is 12.6. The minimum Gasteiger partial charge on any atom is -0.276 e. The molecule has 0 bridgehead atoms. The van der Waals surface area contributed by atoms with Crippen LogP contribution < -0.4 is 0 Å². The molecule has 12 rings (SSSR count). The number of benzene rings is 6. The summed E-state index contributed by atoms with van der Waals surface area (Å²) in [5.74, 6) is 2.09. The summed E-state index contributed by atoms with van der Waals surface area (Å²) in [4.78, 5) is 29.7. The van der Waals surface area contributed by atoms with E-state index in [2.05, 4.69) is 78.6 Å². The van der Waals surface area contributed by atoms with E-state index in [4.69, 9.17) is 15.0 Å². The van der Waals surface area contributed by atoms with Crippen LogP contribution in [0.3, 0.4) is 0 Å². The average Bonchev–Trinajstić information content (AvgIpc) is 3.96. The van der Waals surface area contributed by atoms with Crippen molar-refractivity contribution in [3.8, 4) is 22.8 Å². The molecule has 0 atom stereocenters. The van der Waals surface area contributed by atoms with Gasteiger partial charge in [0, 0.05) is 5.56 Å². The zero-order valence-corrected chi connectivity index (χ0v) is 25.7. The lowest BCUT2D eigenvalue weighted by Gasteiger charge is -2.16. The van der Waals surface area contributed by atoms with Gasteiger partial charge in [-0.25, -0.2) is 15.0 Å². The Morgan fingerprint density at radius 2 is 0.796 bits per heavy atom. The zero-order valence-electron chi connectivity index (χ0n) is 25.7. The van der Waals surface area contributed by atoms with E-state index in [0.717, 1.165) is 83.7 Å². The van der Waals surface area contributed by atoms with E-state index in [1.54, 1.807) is 4.57 Å². The van der Waals surface area contributed by atoms with Gasteiger partial charge in [-0.3, -0.25) is 27.3 Å². The first kappa shape index (κ1) is 25.1. The Bertz CT molecular complexity index is 3260. The van der Waals surface area contributed by atoms with Crippen molar-refractivity contribution in [1.29, 1.82) is 0 Å². The van der Waals surface area contributed by atoms with E-state index in [1.165, 1.54) is 0 Å². The van der Waals surface area contributed by atoms with Crippen LogP contribution in [0, 0.1) is 0 Å². The average molecular weight is 631 g/mol. The van der Waals surface area contributed by atoms with Crippen molar-refractivity contribution in [3.63, 3.8) is 0 Å². The zero-order chi connectivity index (χ0) is 32.0. The molecule has 1 aliphatic rings. The number of carbonyl (C=O) groups is 1. The normalized spacial score (nSPS) is 12.9. The van der Waals surface area contributed by atoms with Crippen LogP contribution in [-0.2, 0) is 0 Å². The van der Waals surface area contributed by atoms with Gasteiger partial charge < -0.3 is 0 Å². The predicted octanol–water partition coefficient (Wildman–Crippen LogP) is 8.19. The monoisotopic (exact) mass is 630 g/mol. The Morgan fingerprint density at radius 1 is 0.388 bits per heavy atom. The van der Waals surface area contributed by atoms with Gasteiger partial charge in [-0.05, 0) is 72.8 Å². The van der Waals surface area contributed by atoms with Gasteiger partial charge in [0.2, 0.25) is 11.6 Å². The number of fused-ring (bicyclic) bond motifs is 15. The van der Waals surface area contributed by atoms with Crippen LogP contribution in [0.25, 0.3) is 89.5 Å². The first-order valence-corrected chi connectivity index (χ1v) is 16.2. The lowest BCUT2D eigenvalue weighted by Crippen LogP contribution is -2.09. The molecule has 6 aromatic carbocycles. The molecule has 5 aromatic heterocycles. The number of hydrogen-bond donors (Lipinski definition) is 0. The molecule has 9 nitrogen and oxygen atoms in total. The van der Waals surface area contributed by atoms with Crippen LogP contribution in [0.4, 0.5) is 0 Å². The summed E-state index contributed by atoms with van der Waals surface area (Å²) in [6.45, 7) is 0. The molecular weight excluding hydrogens is 608 g/mol. The standard InChI is InChI=1S/C40H22N8O/c49-38-24-22-36(47-34-20-10-8-18-32(34)45-29-15-5-3-13-27(29)43-40(45)47)35(21-23(24)37-41-25-11-1-6-16-30(25)48(37)38)46-33-19-9-7-17-31(33)44-28-14-4-2-12-26(28)42-39(44)46/h1-22H. The molecule has 0 amide bonds. The molecule has 0 saturated heterocycles. The van der Waals surface area contributed by atoms with E-state index in [1.807, 2.05) is 72.8 Å². The van der Waals surface area contributed by atoms with Crippen LogP contribution >= 0.6 is 0 Å². The van der Waals surface area contributed by atoms with Crippen molar-refractivity contribution < 1.29 is 4.79 Å². The number of rotatable bonds is 2. The lowest BCUT2D eigenvalue weighted by atomic mass is 10.1. The molecule has 0 radical (unpaired) electrons. The Kier molecular flexibility index (Phi) is 4.45.